The SMILES string of the molecule is C[C@H](N)C(=O)N[C@@H](C)C(=O)NC1C2C3CN(c4nc5c(cc4F)c(=O)c(C(=O)O)cn5-c4ccc(F)cc4F)CC312. The number of carboxylic acids is 1. The first kappa shape index (κ1) is 26.7. The lowest BCUT2D eigenvalue weighted by Gasteiger charge is -2.21. The summed E-state index contributed by atoms with van der Waals surface area (Å²) in [7, 11) is 0. The van der Waals surface area contributed by atoms with Crippen LogP contribution in [0.5, 0.6) is 0 Å². The zero-order chi connectivity index (χ0) is 29.5. The first-order chi connectivity index (χ1) is 19.3. The molecule has 3 heterocycles. The summed E-state index contributed by atoms with van der Waals surface area (Å²) in [5.74, 6) is -4.94. The van der Waals surface area contributed by atoms with E-state index in [9.17, 15) is 33.1 Å². The van der Waals surface area contributed by atoms with Crippen LogP contribution in [-0.2, 0) is 9.59 Å². The molecule has 3 aromatic rings. The average Bonchev–Trinajstić information content (AvgIpc) is 3.69. The van der Waals surface area contributed by atoms with Crippen molar-refractivity contribution in [2.24, 2.45) is 23.0 Å². The molecule has 4 unspecified atom stereocenters. The van der Waals surface area contributed by atoms with E-state index in [1.54, 1.807) is 11.8 Å². The lowest BCUT2D eigenvalue weighted by atomic mass is 10.1. The second kappa shape index (κ2) is 9.03. The van der Waals surface area contributed by atoms with Gasteiger partial charge in [0.15, 0.2) is 17.3 Å². The molecule has 1 spiro atoms. The quantitative estimate of drug-likeness (QED) is 0.326. The number of nitrogens with one attached hydrogen (secondary N) is 2. The number of hydrogen-bond donors (Lipinski definition) is 4. The smallest absolute Gasteiger partial charge is 0.341 e. The van der Waals surface area contributed by atoms with E-state index < -0.39 is 52.4 Å². The number of piperidine rings is 1. The second-order valence-corrected chi connectivity index (χ2v) is 10.9. The van der Waals surface area contributed by atoms with Crippen molar-refractivity contribution in [2.75, 3.05) is 18.0 Å². The first-order valence-electron chi connectivity index (χ1n) is 12.9. The van der Waals surface area contributed by atoms with Crippen molar-refractivity contribution in [1.82, 2.24) is 20.2 Å². The summed E-state index contributed by atoms with van der Waals surface area (Å²) in [5, 5.41) is 14.6. The molecule has 6 rings (SSSR count). The molecule has 11 nitrogen and oxygen atoms in total. The van der Waals surface area contributed by atoms with Crippen LogP contribution in [-0.4, -0.2) is 63.7 Å². The maximum absolute atomic E-state index is 15.4. The number of carbonyl (C=O) groups is 3. The fourth-order valence-corrected chi connectivity index (χ4v) is 6.17. The van der Waals surface area contributed by atoms with Crippen LogP contribution in [0.1, 0.15) is 24.2 Å². The lowest BCUT2D eigenvalue weighted by molar-refractivity contribution is -0.129. The molecule has 2 aromatic heterocycles. The number of halogens is 3. The van der Waals surface area contributed by atoms with Crippen LogP contribution in [0.25, 0.3) is 16.7 Å². The van der Waals surface area contributed by atoms with Crippen LogP contribution >= 0.6 is 0 Å². The molecule has 6 atom stereocenters. The van der Waals surface area contributed by atoms with Gasteiger partial charge in [-0.15, -0.1) is 0 Å². The molecule has 2 aliphatic carbocycles. The summed E-state index contributed by atoms with van der Waals surface area (Å²) in [5.41, 5.74) is 3.05. The number of amides is 2. The van der Waals surface area contributed by atoms with E-state index in [0.717, 1.165) is 29.0 Å². The van der Waals surface area contributed by atoms with Gasteiger partial charge in [0.1, 0.15) is 23.2 Å². The Bertz CT molecular complexity index is 1730. The van der Waals surface area contributed by atoms with E-state index in [4.69, 9.17) is 5.73 Å². The summed E-state index contributed by atoms with van der Waals surface area (Å²) in [6.45, 7) is 3.83. The maximum Gasteiger partial charge on any atom is 0.341 e. The fraction of sp³-hybridized carbons (Fsp3) is 0.370. The number of aromatic nitrogens is 2. The van der Waals surface area contributed by atoms with Crippen LogP contribution in [0, 0.1) is 34.7 Å². The molecule has 214 valence electrons. The third-order valence-electron chi connectivity index (χ3n) is 8.42. The minimum Gasteiger partial charge on any atom is -0.477 e. The minimum atomic E-state index is -1.60. The van der Waals surface area contributed by atoms with Gasteiger partial charge >= 0.3 is 5.97 Å². The van der Waals surface area contributed by atoms with Gasteiger partial charge in [0.05, 0.1) is 17.1 Å². The monoisotopic (exact) mass is 570 g/mol. The second-order valence-electron chi connectivity index (χ2n) is 10.9. The van der Waals surface area contributed by atoms with Crippen molar-refractivity contribution in [2.45, 2.75) is 32.0 Å². The molecule has 2 saturated carbocycles. The highest BCUT2D eigenvalue weighted by molar-refractivity contribution is 5.93. The zero-order valence-electron chi connectivity index (χ0n) is 21.8. The molecule has 41 heavy (non-hydrogen) atoms. The van der Waals surface area contributed by atoms with Crippen LogP contribution in [0.3, 0.4) is 0 Å². The number of nitrogens with zero attached hydrogens (tertiary/aromatic N) is 3. The number of anilines is 1. The third kappa shape index (κ3) is 4.04. The van der Waals surface area contributed by atoms with Crippen LogP contribution < -0.4 is 26.7 Å². The topological polar surface area (TPSA) is 160 Å². The Balaban J connectivity index is 1.29. The molecule has 14 heteroatoms. The number of aromatic carboxylic acids is 1. The minimum absolute atomic E-state index is 0.119. The van der Waals surface area contributed by atoms with Gasteiger partial charge < -0.3 is 26.4 Å². The molecule has 5 N–H and O–H groups in total. The number of rotatable bonds is 7. The Kier molecular flexibility index (Phi) is 5.89. The highest BCUT2D eigenvalue weighted by atomic mass is 19.1. The van der Waals surface area contributed by atoms with Gasteiger partial charge in [0.2, 0.25) is 17.2 Å². The summed E-state index contributed by atoms with van der Waals surface area (Å²) in [6, 6.07) is 1.79. The highest BCUT2D eigenvalue weighted by Crippen LogP contribution is 2.82. The van der Waals surface area contributed by atoms with Crippen LogP contribution in [0.4, 0.5) is 19.0 Å². The van der Waals surface area contributed by atoms with Gasteiger partial charge in [-0.1, -0.05) is 0 Å². The average molecular weight is 571 g/mol. The van der Waals surface area contributed by atoms with Crippen molar-refractivity contribution in [1.29, 1.82) is 0 Å². The van der Waals surface area contributed by atoms with E-state index in [1.807, 2.05) is 0 Å². The summed E-state index contributed by atoms with van der Waals surface area (Å²) >= 11 is 0. The lowest BCUT2D eigenvalue weighted by Crippen LogP contribution is -2.51. The Hall–Kier alpha value is -4.46. The normalized spacial score (nSPS) is 25.2. The molecule has 0 radical (unpaired) electrons. The number of fused-ring (bicyclic) bond motifs is 2. The molecular weight excluding hydrogens is 545 g/mol. The zero-order valence-corrected chi connectivity index (χ0v) is 21.8. The Morgan fingerprint density at radius 1 is 1.15 bits per heavy atom. The van der Waals surface area contributed by atoms with E-state index in [2.05, 4.69) is 15.6 Å². The third-order valence-corrected chi connectivity index (χ3v) is 8.42. The summed E-state index contributed by atoms with van der Waals surface area (Å²) < 4.78 is 44.7. The van der Waals surface area contributed by atoms with Gasteiger partial charge in [-0.05, 0) is 43.9 Å². The Morgan fingerprint density at radius 3 is 2.54 bits per heavy atom. The summed E-state index contributed by atoms with van der Waals surface area (Å²) in [6.07, 6.45) is 0.881. The number of pyridine rings is 2. The van der Waals surface area contributed by atoms with Crippen LogP contribution in [0.15, 0.2) is 35.3 Å². The largest absolute Gasteiger partial charge is 0.477 e. The van der Waals surface area contributed by atoms with E-state index in [0.29, 0.717) is 19.2 Å². The Morgan fingerprint density at radius 2 is 1.88 bits per heavy atom. The molecule has 0 bridgehead atoms. The van der Waals surface area contributed by atoms with Gasteiger partial charge in [0, 0.05) is 36.8 Å². The predicted molar refractivity (Wildman–Crippen MR) is 139 cm³/mol. The molecule has 1 saturated heterocycles. The number of carbonyl (C=O) groups excluding carboxylic acids is 2. The number of carboxylic acid groups (broad SMARTS) is 1. The van der Waals surface area contributed by atoms with E-state index in [-0.39, 0.29) is 51.7 Å². The molecule has 1 aromatic carbocycles. The van der Waals surface area contributed by atoms with E-state index in [1.165, 1.54) is 6.92 Å². The number of nitrogens with two attached hydrogens (primary N) is 1. The number of benzene rings is 1. The molecule has 2 amide bonds. The Labute approximate surface area is 230 Å². The van der Waals surface area contributed by atoms with Gasteiger partial charge in [-0.2, -0.15) is 0 Å². The molecular formula is C27H25F3N6O5. The molecule has 3 fully saturated rings. The van der Waals surface area contributed by atoms with Gasteiger partial charge in [0.25, 0.3) is 0 Å². The van der Waals surface area contributed by atoms with Crippen molar-refractivity contribution >= 4 is 34.6 Å². The predicted octanol–water partition coefficient (Wildman–Crippen LogP) is 0.904. The van der Waals surface area contributed by atoms with Gasteiger partial charge in [-0.3, -0.25) is 19.0 Å². The number of hydrogen-bond acceptors (Lipinski definition) is 7. The van der Waals surface area contributed by atoms with E-state index >= 15 is 4.39 Å². The highest BCUT2D eigenvalue weighted by Gasteiger charge is 2.89. The van der Waals surface area contributed by atoms with Crippen molar-refractivity contribution in [3.05, 3.63) is 63.7 Å². The first-order valence-corrected chi connectivity index (χ1v) is 12.9. The van der Waals surface area contributed by atoms with Crippen molar-refractivity contribution in [3.63, 3.8) is 0 Å². The molecule has 3 aliphatic rings. The summed E-state index contributed by atoms with van der Waals surface area (Å²) in [4.78, 5) is 55.0. The molecule has 1 aliphatic heterocycles. The standard InChI is InChI=1S/C27H25F3N6O5/c1-10(31)24(38)32-11(2)25(39)33-21-19-15-8-35(9-27(15,19)21)23-17(30)6-13-20(37)14(26(40)41)7-36(22(13)34-23)18-4-3-12(28)5-16(18)29/h3-7,10-11,15,19,21H,8-9,31H2,1-2H3,(H,32,38)(H,33,39)(H,40,41)/t10-,11-,15?,19?,21?,27?/m0/s1. The fourth-order valence-electron chi connectivity index (χ4n) is 6.17. The van der Waals surface area contributed by atoms with Gasteiger partial charge in [-0.25, -0.2) is 22.9 Å². The maximum atomic E-state index is 15.4. The van der Waals surface area contributed by atoms with Crippen LogP contribution in [0.2, 0.25) is 0 Å². The van der Waals surface area contributed by atoms with Crippen molar-refractivity contribution in [3.8, 4) is 5.69 Å². The van der Waals surface area contributed by atoms with Crippen molar-refractivity contribution < 1.29 is 32.7 Å².